The quantitative estimate of drug-likeness (QED) is 0.861. The second-order valence-corrected chi connectivity index (χ2v) is 6.81. The number of nitrogens with zero attached hydrogens (tertiary/aromatic N) is 1. The van der Waals surface area contributed by atoms with Gasteiger partial charge in [-0.05, 0) is 43.0 Å². The van der Waals surface area contributed by atoms with Crippen molar-refractivity contribution < 1.29 is 13.2 Å². The summed E-state index contributed by atoms with van der Waals surface area (Å²) in [6.45, 7) is 4.10. The average molecular weight is 298 g/mol. The van der Waals surface area contributed by atoms with Crippen molar-refractivity contribution in [2.75, 3.05) is 26.2 Å². The van der Waals surface area contributed by atoms with Crippen LogP contribution in [0.5, 0.6) is 5.75 Å². The first-order valence-corrected chi connectivity index (χ1v) is 8.49. The van der Waals surface area contributed by atoms with Gasteiger partial charge in [-0.15, -0.1) is 0 Å². The molecular formula is C14H22N2O3S. The fourth-order valence-corrected chi connectivity index (χ4v) is 3.95. The SMILES string of the molecule is CCc1cc(S(=O)(=O)N2CCCC2)ccc1OCCN. The van der Waals surface area contributed by atoms with Crippen molar-refractivity contribution in [3.05, 3.63) is 23.8 Å². The standard InChI is InChI=1S/C14H22N2O3S/c1-2-12-11-13(5-6-14(12)19-10-7-15)20(17,18)16-8-3-4-9-16/h5-6,11H,2-4,7-10,15H2,1H3. The van der Waals surface area contributed by atoms with E-state index in [-0.39, 0.29) is 0 Å². The van der Waals surface area contributed by atoms with Crippen LogP contribution in [-0.4, -0.2) is 39.0 Å². The molecule has 0 radical (unpaired) electrons. The zero-order chi connectivity index (χ0) is 14.6. The van der Waals surface area contributed by atoms with Gasteiger partial charge in [-0.2, -0.15) is 4.31 Å². The van der Waals surface area contributed by atoms with Crippen LogP contribution in [0.15, 0.2) is 23.1 Å². The summed E-state index contributed by atoms with van der Waals surface area (Å²) in [4.78, 5) is 0.358. The second-order valence-electron chi connectivity index (χ2n) is 4.87. The predicted molar refractivity (Wildman–Crippen MR) is 78.4 cm³/mol. The van der Waals surface area contributed by atoms with Crippen molar-refractivity contribution in [2.45, 2.75) is 31.1 Å². The van der Waals surface area contributed by atoms with Gasteiger partial charge in [0, 0.05) is 19.6 Å². The number of hydrogen-bond acceptors (Lipinski definition) is 4. The number of nitrogens with two attached hydrogens (primary N) is 1. The van der Waals surface area contributed by atoms with Gasteiger partial charge in [0.05, 0.1) is 4.90 Å². The van der Waals surface area contributed by atoms with Gasteiger partial charge in [-0.3, -0.25) is 0 Å². The Morgan fingerprint density at radius 3 is 2.60 bits per heavy atom. The Morgan fingerprint density at radius 1 is 1.30 bits per heavy atom. The molecule has 112 valence electrons. The first kappa shape index (κ1) is 15.3. The lowest BCUT2D eigenvalue weighted by Crippen LogP contribution is -2.28. The number of benzene rings is 1. The van der Waals surface area contributed by atoms with Crippen LogP contribution in [0.2, 0.25) is 0 Å². The lowest BCUT2D eigenvalue weighted by molar-refractivity contribution is 0.325. The highest BCUT2D eigenvalue weighted by atomic mass is 32.2. The molecule has 1 fully saturated rings. The van der Waals surface area contributed by atoms with Gasteiger partial charge in [-0.1, -0.05) is 6.92 Å². The molecule has 1 heterocycles. The van der Waals surface area contributed by atoms with Crippen LogP contribution < -0.4 is 10.5 Å². The highest BCUT2D eigenvalue weighted by Gasteiger charge is 2.27. The zero-order valence-electron chi connectivity index (χ0n) is 11.8. The molecule has 0 aromatic heterocycles. The number of ether oxygens (including phenoxy) is 1. The van der Waals surface area contributed by atoms with E-state index >= 15 is 0 Å². The van der Waals surface area contributed by atoms with E-state index in [1.165, 1.54) is 0 Å². The van der Waals surface area contributed by atoms with Crippen LogP contribution in [0.1, 0.15) is 25.3 Å². The highest BCUT2D eigenvalue weighted by molar-refractivity contribution is 7.89. The van der Waals surface area contributed by atoms with E-state index in [0.717, 1.165) is 30.6 Å². The number of sulfonamides is 1. The Hall–Kier alpha value is -1.11. The van der Waals surface area contributed by atoms with E-state index < -0.39 is 10.0 Å². The Labute approximate surface area is 120 Å². The van der Waals surface area contributed by atoms with Crippen molar-refractivity contribution in [1.82, 2.24) is 4.31 Å². The largest absolute Gasteiger partial charge is 0.492 e. The molecule has 0 spiro atoms. The zero-order valence-corrected chi connectivity index (χ0v) is 12.7. The van der Waals surface area contributed by atoms with Crippen molar-refractivity contribution in [3.8, 4) is 5.75 Å². The third kappa shape index (κ3) is 3.13. The molecule has 2 rings (SSSR count). The minimum atomic E-state index is -3.36. The first-order chi connectivity index (χ1) is 9.59. The fourth-order valence-electron chi connectivity index (χ4n) is 2.38. The predicted octanol–water partition coefficient (Wildman–Crippen LogP) is 1.37. The van der Waals surface area contributed by atoms with E-state index in [4.69, 9.17) is 10.5 Å². The molecule has 5 nitrogen and oxygen atoms in total. The lowest BCUT2D eigenvalue weighted by Gasteiger charge is -2.17. The summed E-state index contributed by atoms with van der Waals surface area (Å²) in [7, 11) is -3.36. The molecule has 6 heteroatoms. The fraction of sp³-hybridized carbons (Fsp3) is 0.571. The van der Waals surface area contributed by atoms with Crippen LogP contribution >= 0.6 is 0 Å². The van der Waals surface area contributed by atoms with Crippen molar-refractivity contribution in [2.24, 2.45) is 5.73 Å². The van der Waals surface area contributed by atoms with Crippen molar-refractivity contribution in [1.29, 1.82) is 0 Å². The van der Waals surface area contributed by atoms with Crippen molar-refractivity contribution >= 4 is 10.0 Å². The van der Waals surface area contributed by atoms with E-state index in [9.17, 15) is 8.42 Å². The molecule has 1 aliphatic heterocycles. The van der Waals surface area contributed by atoms with E-state index in [2.05, 4.69) is 0 Å². The van der Waals surface area contributed by atoms with E-state index in [0.29, 0.717) is 31.1 Å². The summed E-state index contributed by atoms with van der Waals surface area (Å²) in [6.07, 6.45) is 2.61. The maximum atomic E-state index is 12.5. The molecule has 0 aliphatic carbocycles. The third-order valence-corrected chi connectivity index (χ3v) is 5.39. The molecule has 0 amide bonds. The molecule has 0 atom stereocenters. The molecule has 1 aliphatic rings. The molecular weight excluding hydrogens is 276 g/mol. The van der Waals surface area contributed by atoms with Gasteiger partial charge in [-0.25, -0.2) is 8.42 Å². The third-order valence-electron chi connectivity index (χ3n) is 3.49. The van der Waals surface area contributed by atoms with Crippen LogP contribution in [0.3, 0.4) is 0 Å². The first-order valence-electron chi connectivity index (χ1n) is 7.05. The number of rotatable bonds is 6. The van der Waals surface area contributed by atoms with Gasteiger partial charge in [0.1, 0.15) is 12.4 Å². The number of aryl methyl sites for hydroxylation is 1. The molecule has 20 heavy (non-hydrogen) atoms. The topological polar surface area (TPSA) is 72.6 Å². The minimum absolute atomic E-state index is 0.358. The Morgan fingerprint density at radius 2 is 2.00 bits per heavy atom. The molecule has 0 unspecified atom stereocenters. The summed E-state index contributed by atoms with van der Waals surface area (Å²) in [5.74, 6) is 0.721. The Balaban J connectivity index is 2.28. The van der Waals surface area contributed by atoms with E-state index in [1.54, 1.807) is 22.5 Å². The maximum Gasteiger partial charge on any atom is 0.243 e. The van der Waals surface area contributed by atoms with Crippen LogP contribution in [0.25, 0.3) is 0 Å². The van der Waals surface area contributed by atoms with Gasteiger partial charge >= 0.3 is 0 Å². The molecule has 1 aromatic carbocycles. The Bertz CT molecular complexity index is 552. The van der Waals surface area contributed by atoms with Crippen molar-refractivity contribution in [3.63, 3.8) is 0 Å². The number of hydrogen-bond donors (Lipinski definition) is 1. The minimum Gasteiger partial charge on any atom is -0.492 e. The Kier molecular flexibility index (Phi) is 5.01. The molecule has 1 saturated heterocycles. The second kappa shape index (κ2) is 6.56. The maximum absolute atomic E-state index is 12.5. The average Bonchev–Trinajstić information content (AvgIpc) is 2.99. The van der Waals surface area contributed by atoms with Gasteiger partial charge in [0.15, 0.2) is 0 Å². The summed E-state index contributed by atoms with van der Waals surface area (Å²) < 4.78 is 32.1. The summed E-state index contributed by atoms with van der Waals surface area (Å²) in [5, 5.41) is 0. The summed E-state index contributed by atoms with van der Waals surface area (Å²) in [5.41, 5.74) is 6.32. The van der Waals surface area contributed by atoms with Gasteiger partial charge < -0.3 is 10.5 Å². The molecule has 0 bridgehead atoms. The summed E-state index contributed by atoms with van der Waals surface area (Å²) in [6, 6.07) is 5.08. The smallest absolute Gasteiger partial charge is 0.243 e. The van der Waals surface area contributed by atoms with Gasteiger partial charge in [0.2, 0.25) is 10.0 Å². The molecule has 1 aromatic rings. The monoisotopic (exact) mass is 298 g/mol. The van der Waals surface area contributed by atoms with E-state index in [1.807, 2.05) is 6.92 Å². The van der Waals surface area contributed by atoms with Crippen LogP contribution in [-0.2, 0) is 16.4 Å². The van der Waals surface area contributed by atoms with Crippen LogP contribution in [0, 0.1) is 0 Å². The normalized spacial score (nSPS) is 16.5. The molecule has 2 N–H and O–H groups in total. The molecule has 0 saturated carbocycles. The van der Waals surface area contributed by atoms with Crippen LogP contribution in [0.4, 0.5) is 0 Å². The highest BCUT2D eigenvalue weighted by Crippen LogP contribution is 2.26. The summed E-state index contributed by atoms with van der Waals surface area (Å²) >= 11 is 0. The van der Waals surface area contributed by atoms with Gasteiger partial charge in [0.25, 0.3) is 0 Å². The lowest BCUT2D eigenvalue weighted by atomic mass is 10.1.